The number of para-hydroxylation sites is 1. The molecule has 1 atom stereocenters. The Morgan fingerprint density at radius 3 is 2.77 bits per heavy atom. The normalized spacial score (nSPS) is 11.9. The summed E-state index contributed by atoms with van der Waals surface area (Å²) in [5.74, 6) is 1.31. The van der Waals surface area contributed by atoms with Crippen LogP contribution in [0.25, 0.3) is 10.9 Å². The summed E-state index contributed by atoms with van der Waals surface area (Å²) in [5.41, 5.74) is 3.16. The maximum absolute atomic E-state index is 12.5. The maximum Gasteiger partial charge on any atom is 0.287 e. The number of rotatable bonds is 8. The van der Waals surface area contributed by atoms with Gasteiger partial charge in [-0.2, -0.15) is 0 Å². The molecule has 4 rings (SSSR count). The fourth-order valence-corrected chi connectivity index (χ4v) is 3.65. The number of aromatic nitrogens is 1. The lowest BCUT2D eigenvalue weighted by Crippen LogP contribution is -2.28. The zero-order valence-corrected chi connectivity index (χ0v) is 17.0. The highest BCUT2D eigenvalue weighted by Gasteiger charge is 2.21. The summed E-state index contributed by atoms with van der Waals surface area (Å²) < 4.78 is 16.4. The SMILES string of the molecule is CCOc1ccc([C@@H](CNC(=O)c2ccco2)c2c[nH]c3ccccc23)cc1OC. The Balaban J connectivity index is 1.71. The van der Waals surface area contributed by atoms with E-state index in [1.54, 1.807) is 19.2 Å². The fraction of sp³-hybridized carbons (Fsp3) is 0.208. The van der Waals surface area contributed by atoms with Crippen LogP contribution in [-0.4, -0.2) is 31.2 Å². The van der Waals surface area contributed by atoms with Gasteiger partial charge in [-0.3, -0.25) is 4.79 Å². The summed E-state index contributed by atoms with van der Waals surface area (Å²) in [7, 11) is 1.63. The molecule has 4 aromatic rings. The zero-order valence-electron chi connectivity index (χ0n) is 17.0. The largest absolute Gasteiger partial charge is 0.493 e. The van der Waals surface area contributed by atoms with E-state index in [1.165, 1.54) is 6.26 Å². The molecule has 0 radical (unpaired) electrons. The summed E-state index contributed by atoms with van der Waals surface area (Å²) in [6.45, 7) is 2.89. The van der Waals surface area contributed by atoms with Crippen LogP contribution in [0.1, 0.15) is 34.5 Å². The number of amides is 1. The van der Waals surface area contributed by atoms with Crippen molar-refractivity contribution >= 4 is 16.8 Å². The minimum Gasteiger partial charge on any atom is -0.493 e. The maximum atomic E-state index is 12.5. The Hall–Kier alpha value is -3.67. The number of nitrogens with one attached hydrogen (secondary N) is 2. The number of benzene rings is 2. The van der Waals surface area contributed by atoms with E-state index in [4.69, 9.17) is 13.9 Å². The van der Waals surface area contributed by atoms with Crippen molar-refractivity contribution in [2.45, 2.75) is 12.8 Å². The van der Waals surface area contributed by atoms with E-state index in [0.29, 0.717) is 24.7 Å². The molecular formula is C24H24N2O4. The predicted molar refractivity (Wildman–Crippen MR) is 115 cm³/mol. The molecule has 0 aliphatic carbocycles. The molecule has 0 aliphatic rings. The smallest absolute Gasteiger partial charge is 0.287 e. The lowest BCUT2D eigenvalue weighted by atomic mass is 9.90. The highest BCUT2D eigenvalue weighted by molar-refractivity contribution is 5.91. The first-order chi connectivity index (χ1) is 14.7. The van der Waals surface area contributed by atoms with Gasteiger partial charge in [0, 0.05) is 29.6 Å². The number of fused-ring (bicyclic) bond motifs is 1. The molecule has 0 fully saturated rings. The standard InChI is InChI=1S/C24H24N2O4/c1-3-29-21-11-10-16(13-23(21)28-2)18(14-26-24(27)22-9-6-12-30-22)19-15-25-20-8-5-4-7-17(19)20/h4-13,15,18,25H,3,14H2,1-2H3,(H,26,27)/t18-/m1/s1. The number of H-pyrrole nitrogens is 1. The molecule has 6 heteroatoms. The summed E-state index contributed by atoms with van der Waals surface area (Å²) >= 11 is 0. The van der Waals surface area contributed by atoms with Gasteiger partial charge in [-0.1, -0.05) is 24.3 Å². The lowest BCUT2D eigenvalue weighted by Gasteiger charge is -2.20. The molecular weight excluding hydrogens is 380 g/mol. The summed E-state index contributed by atoms with van der Waals surface area (Å²) in [6, 6.07) is 17.4. The van der Waals surface area contributed by atoms with E-state index < -0.39 is 0 Å². The van der Waals surface area contributed by atoms with Gasteiger partial charge < -0.3 is 24.2 Å². The summed E-state index contributed by atoms with van der Waals surface area (Å²) in [4.78, 5) is 15.8. The van der Waals surface area contributed by atoms with Crippen LogP contribution >= 0.6 is 0 Å². The van der Waals surface area contributed by atoms with E-state index in [-0.39, 0.29) is 17.6 Å². The van der Waals surface area contributed by atoms with Crippen molar-refractivity contribution in [1.29, 1.82) is 0 Å². The Labute approximate surface area is 174 Å². The van der Waals surface area contributed by atoms with Gasteiger partial charge >= 0.3 is 0 Å². The number of carbonyl (C=O) groups is 1. The Bertz CT molecular complexity index is 1130. The van der Waals surface area contributed by atoms with Crippen LogP contribution in [0.4, 0.5) is 0 Å². The van der Waals surface area contributed by atoms with Gasteiger partial charge in [0.25, 0.3) is 5.91 Å². The first-order valence-corrected chi connectivity index (χ1v) is 9.89. The quantitative estimate of drug-likeness (QED) is 0.445. The Morgan fingerprint density at radius 1 is 1.13 bits per heavy atom. The molecule has 30 heavy (non-hydrogen) atoms. The van der Waals surface area contributed by atoms with E-state index in [9.17, 15) is 4.79 Å². The molecule has 0 bridgehead atoms. The van der Waals surface area contributed by atoms with Crippen LogP contribution in [-0.2, 0) is 0 Å². The second-order valence-electron chi connectivity index (χ2n) is 6.87. The average molecular weight is 404 g/mol. The molecule has 0 saturated heterocycles. The first-order valence-electron chi connectivity index (χ1n) is 9.89. The highest BCUT2D eigenvalue weighted by atomic mass is 16.5. The van der Waals surface area contributed by atoms with Crippen molar-refractivity contribution in [3.8, 4) is 11.5 Å². The van der Waals surface area contributed by atoms with Crippen LogP contribution in [0.15, 0.2) is 71.5 Å². The van der Waals surface area contributed by atoms with E-state index in [2.05, 4.69) is 16.4 Å². The van der Waals surface area contributed by atoms with E-state index in [0.717, 1.165) is 22.0 Å². The average Bonchev–Trinajstić information content (AvgIpc) is 3.45. The van der Waals surface area contributed by atoms with Crippen molar-refractivity contribution in [3.05, 3.63) is 83.9 Å². The number of hydrogen-bond donors (Lipinski definition) is 2. The van der Waals surface area contributed by atoms with E-state index >= 15 is 0 Å². The molecule has 2 aromatic carbocycles. The number of aromatic amines is 1. The van der Waals surface area contributed by atoms with Gasteiger partial charge in [0.05, 0.1) is 20.0 Å². The predicted octanol–water partition coefficient (Wildman–Crippen LogP) is 4.73. The molecule has 2 heterocycles. The molecule has 0 spiro atoms. The molecule has 1 amide bonds. The second kappa shape index (κ2) is 8.78. The van der Waals surface area contributed by atoms with Gasteiger partial charge in [0.15, 0.2) is 17.3 Å². The van der Waals surface area contributed by atoms with Crippen molar-refractivity contribution in [2.24, 2.45) is 0 Å². The second-order valence-corrected chi connectivity index (χ2v) is 6.87. The molecule has 2 N–H and O–H groups in total. The van der Waals surface area contributed by atoms with Crippen LogP contribution in [0.5, 0.6) is 11.5 Å². The first kappa shape index (κ1) is 19.6. The van der Waals surface area contributed by atoms with E-state index in [1.807, 2.05) is 49.5 Å². The third-order valence-corrected chi connectivity index (χ3v) is 5.10. The lowest BCUT2D eigenvalue weighted by molar-refractivity contribution is 0.0925. The minimum atomic E-state index is -0.247. The zero-order chi connectivity index (χ0) is 20.9. The highest BCUT2D eigenvalue weighted by Crippen LogP contribution is 2.35. The van der Waals surface area contributed by atoms with Gasteiger partial charge in [-0.15, -0.1) is 0 Å². The topological polar surface area (TPSA) is 76.5 Å². The monoisotopic (exact) mass is 404 g/mol. The minimum absolute atomic E-state index is 0.0929. The molecule has 154 valence electrons. The number of carbonyl (C=O) groups excluding carboxylic acids is 1. The van der Waals surface area contributed by atoms with Crippen molar-refractivity contribution in [1.82, 2.24) is 10.3 Å². The van der Waals surface area contributed by atoms with Crippen LogP contribution < -0.4 is 14.8 Å². The molecule has 6 nitrogen and oxygen atoms in total. The summed E-state index contributed by atoms with van der Waals surface area (Å²) in [5, 5.41) is 4.11. The number of hydrogen-bond acceptors (Lipinski definition) is 4. The van der Waals surface area contributed by atoms with Crippen LogP contribution in [0, 0.1) is 0 Å². The van der Waals surface area contributed by atoms with Crippen LogP contribution in [0.2, 0.25) is 0 Å². The number of ether oxygens (including phenoxy) is 2. The van der Waals surface area contributed by atoms with Gasteiger partial charge in [-0.05, 0) is 48.4 Å². The Morgan fingerprint density at radius 2 is 2.00 bits per heavy atom. The van der Waals surface area contributed by atoms with Gasteiger partial charge in [0.1, 0.15) is 0 Å². The molecule has 0 aliphatic heterocycles. The van der Waals surface area contributed by atoms with Gasteiger partial charge in [-0.25, -0.2) is 0 Å². The number of furan rings is 1. The third kappa shape index (κ3) is 3.89. The van der Waals surface area contributed by atoms with Crippen molar-refractivity contribution in [3.63, 3.8) is 0 Å². The Kier molecular flexibility index (Phi) is 5.75. The van der Waals surface area contributed by atoms with Gasteiger partial charge in [0.2, 0.25) is 0 Å². The van der Waals surface area contributed by atoms with Crippen molar-refractivity contribution < 1.29 is 18.7 Å². The number of methoxy groups -OCH3 is 1. The third-order valence-electron chi connectivity index (χ3n) is 5.10. The van der Waals surface area contributed by atoms with Crippen molar-refractivity contribution in [2.75, 3.05) is 20.3 Å². The van der Waals surface area contributed by atoms with Crippen LogP contribution in [0.3, 0.4) is 0 Å². The molecule has 0 saturated carbocycles. The fourth-order valence-electron chi connectivity index (χ4n) is 3.65. The molecule has 2 aromatic heterocycles. The summed E-state index contributed by atoms with van der Waals surface area (Å²) in [6.07, 6.45) is 3.49. The molecule has 0 unspecified atom stereocenters.